The van der Waals surface area contributed by atoms with Gasteiger partial charge in [0.2, 0.25) is 5.91 Å². The number of likely N-dealkylation sites (tertiary alicyclic amines) is 1. The Labute approximate surface area is 149 Å². The SMILES string of the molecule is O=C(CN1CCC(C(=O)O)C1)NCC1(c2ccccc2)CCCCC1. The van der Waals surface area contributed by atoms with Crippen LogP contribution in [0, 0.1) is 5.92 Å². The lowest BCUT2D eigenvalue weighted by atomic mass is 9.69. The maximum atomic E-state index is 12.4. The van der Waals surface area contributed by atoms with Gasteiger partial charge in [-0.1, -0.05) is 49.6 Å². The van der Waals surface area contributed by atoms with E-state index in [4.69, 9.17) is 5.11 Å². The van der Waals surface area contributed by atoms with Gasteiger partial charge in [0.25, 0.3) is 0 Å². The zero-order chi connectivity index (χ0) is 17.7. The smallest absolute Gasteiger partial charge is 0.307 e. The van der Waals surface area contributed by atoms with Crippen molar-refractivity contribution in [3.8, 4) is 0 Å². The lowest BCUT2D eigenvalue weighted by molar-refractivity contribution is -0.141. The fourth-order valence-corrected chi connectivity index (χ4v) is 4.29. The van der Waals surface area contributed by atoms with Gasteiger partial charge in [-0.2, -0.15) is 0 Å². The van der Waals surface area contributed by atoms with Crippen LogP contribution < -0.4 is 5.32 Å². The van der Waals surface area contributed by atoms with Crippen molar-refractivity contribution in [1.29, 1.82) is 0 Å². The molecule has 2 N–H and O–H groups in total. The van der Waals surface area contributed by atoms with Gasteiger partial charge in [-0.25, -0.2) is 0 Å². The summed E-state index contributed by atoms with van der Waals surface area (Å²) in [4.78, 5) is 25.4. The Morgan fingerprint density at radius 1 is 1.16 bits per heavy atom. The first-order valence-corrected chi connectivity index (χ1v) is 9.36. The van der Waals surface area contributed by atoms with Gasteiger partial charge in [-0.3, -0.25) is 14.5 Å². The molecule has 1 saturated carbocycles. The van der Waals surface area contributed by atoms with E-state index in [-0.39, 0.29) is 17.2 Å². The summed E-state index contributed by atoms with van der Waals surface area (Å²) in [5.41, 5.74) is 1.37. The number of carboxylic acid groups (broad SMARTS) is 1. The highest BCUT2D eigenvalue weighted by molar-refractivity contribution is 5.78. The van der Waals surface area contributed by atoms with Crippen molar-refractivity contribution in [3.05, 3.63) is 35.9 Å². The van der Waals surface area contributed by atoms with Crippen LogP contribution in [-0.2, 0) is 15.0 Å². The van der Waals surface area contributed by atoms with E-state index in [1.807, 2.05) is 11.0 Å². The number of carbonyl (C=O) groups is 2. The van der Waals surface area contributed by atoms with E-state index in [0.29, 0.717) is 32.6 Å². The molecule has 1 amide bonds. The number of nitrogens with zero attached hydrogens (tertiary/aromatic N) is 1. The van der Waals surface area contributed by atoms with Crippen LogP contribution in [0.1, 0.15) is 44.1 Å². The average Bonchev–Trinajstić information content (AvgIpc) is 3.10. The number of carbonyl (C=O) groups excluding carboxylic acids is 1. The van der Waals surface area contributed by atoms with Gasteiger partial charge in [-0.15, -0.1) is 0 Å². The summed E-state index contributed by atoms with van der Waals surface area (Å²) >= 11 is 0. The molecule has 1 aliphatic carbocycles. The fourth-order valence-electron chi connectivity index (χ4n) is 4.29. The van der Waals surface area contributed by atoms with Crippen molar-refractivity contribution in [3.63, 3.8) is 0 Å². The molecule has 5 heteroatoms. The van der Waals surface area contributed by atoms with E-state index in [1.165, 1.54) is 24.8 Å². The Bertz CT molecular complexity index is 596. The molecule has 1 heterocycles. The summed E-state index contributed by atoms with van der Waals surface area (Å²) in [5, 5.41) is 12.2. The topological polar surface area (TPSA) is 69.6 Å². The Hall–Kier alpha value is -1.88. The Morgan fingerprint density at radius 2 is 1.88 bits per heavy atom. The van der Waals surface area contributed by atoms with Crippen LogP contribution in [-0.4, -0.2) is 48.1 Å². The van der Waals surface area contributed by atoms with E-state index in [9.17, 15) is 9.59 Å². The quantitative estimate of drug-likeness (QED) is 0.831. The summed E-state index contributed by atoms with van der Waals surface area (Å²) in [6, 6.07) is 10.5. The van der Waals surface area contributed by atoms with Crippen LogP contribution in [0.15, 0.2) is 30.3 Å². The summed E-state index contributed by atoms with van der Waals surface area (Å²) in [6.07, 6.45) is 6.54. The molecular formula is C20H28N2O3. The van der Waals surface area contributed by atoms with Crippen LogP contribution in [0.2, 0.25) is 0 Å². The average molecular weight is 344 g/mol. The van der Waals surface area contributed by atoms with Crippen molar-refractivity contribution >= 4 is 11.9 Å². The van der Waals surface area contributed by atoms with E-state index in [1.54, 1.807) is 0 Å². The number of benzene rings is 1. The number of hydrogen-bond donors (Lipinski definition) is 2. The molecule has 5 nitrogen and oxygen atoms in total. The number of amides is 1. The van der Waals surface area contributed by atoms with Gasteiger partial charge < -0.3 is 10.4 Å². The molecule has 2 fully saturated rings. The number of hydrogen-bond acceptors (Lipinski definition) is 3. The van der Waals surface area contributed by atoms with Crippen molar-refractivity contribution in [2.24, 2.45) is 5.92 Å². The number of rotatable bonds is 6. The minimum absolute atomic E-state index is 0.00641. The van der Waals surface area contributed by atoms with E-state index < -0.39 is 5.97 Å². The molecule has 1 aromatic rings. The maximum Gasteiger partial charge on any atom is 0.307 e. The first-order valence-electron chi connectivity index (χ1n) is 9.36. The molecule has 0 radical (unpaired) electrons. The van der Waals surface area contributed by atoms with Gasteiger partial charge in [0.1, 0.15) is 0 Å². The second-order valence-corrected chi connectivity index (χ2v) is 7.54. The van der Waals surface area contributed by atoms with E-state index in [0.717, 1.165) is 12.8 Å². The Morgan fingerprint density at radius 3 is 2.52 bits per heavy atom. The molecule has 25 heavy (non-hydrogen) atoms. The summed E-state index contributed by atoms with van der Waals surface area (Å²) in [6.45, 7) is 2.14. The van der Waals surface area contributed by atoms with Crippen molar-refractivity contribution in [2.75, 3.05) is 26.2 Å². The van der Waals surface area contributed by atoms with Crippen LogP contribution >= 0.6 is 0 Å². The van der Waals surface area contributed by atoms with Crippen LogP contribution in [0.25, 0.3) is 0 Å². The summed E-state index contributed by atoms with van der Waals surface area (Å²) in [7, 11) is 0. The van der Waals surface area contributed by atoms with Crippen LogP contribution in [0.5, 0.6) is 0 Å². The predicted octanol–water partition coefficient (Wildman–Crippen LogP) is 2.41. The zero-order valence-electron chi connectivity index (χ0n) is 14.7. The first-order chi connectivity index (χ1) is 12.1. The van der Waals surface area contributed by atoms with Crippen molar-refractivity contribution < 1.29 is 14.7 Å². The summed E-state index contributed by atoms with van der Waals surface area (Å²) in [5.74, 6) is -1.08. The molecule has 0 spiro atoms. The Kier molecular flexibility index (Phi) is 5.74. The lowest BCUT2D eigenvalue weighted by Crippen LogP contribution is -2.45. The van der Waals surface area contributed by atoms with Gasteiger partial charge >= 0.3 is 5.97 Å². The molecule has 0 bridgehead atoms. The third-order valence-electron chi connectivity index (χ3n) is 5.81. The molecule has 136 valence electrons. The van der Waals surface area contributed by atoms with Gasteiger partial charge in [-0.05, 0) is 31.4 Å². The largest absolute Gasteiger partial charge is 0.481 e. The highest BCUT2D eigenvalue weighted by atomic mass is 16.4. The second-order valence-electron chi connectivity index (χ2n) is 7.54. The van der Waals surface area contributed by atoms with Gasteiger partial charge in [0.15, 0.2) is 0 Å². The number of aliphatic carboxylic acids is 1. The standard InChI is InChI=1S/C20H28N2O3/c23-18(14-22-12-9-16(13-22)19(24)25)21-15-20(10-5-2-6-11-20)17-7-3-1-4-8-17/h1,3-4,7-8,16H,2,5-6,9-15H2,(H,21,23)(H,24,25). The molecule has 0 aromatic heterocycles. The van der Waals surface area contributed by atoms with Crippen molar-refractivity contribution in [1.82, 2.24) is 10.2 Å². The molecule has 1 unspecified atom stereocenters. The number of carboxylic acids is 1. The monoisotopic (exact) mass is 344 g/mol. The normalized spacial score (nSPS) is 23.3. The van der Waals surface area contributed by atoms with Crippen molar-refractivity contribution in [2.45, 2.75) is 43.9 Å². The van der Waals surface area contributed by atoms with Crippen LogP contribution in [0.4, 0.5) is 0 Å². The van der Waals surface area contributed by atoms with Crippen LogP contribution in [0.3, 0.4) is 0 Å². The van der Waals surface area contributed by atoms with E-state index in [2.05, 4.69) is 29.6 Å². The minimum atomic E-state index is -0.756. The molecule has 2 aliphatic rings. The highest BCUT2D eigenvalue weighted by Crippen LogP contribution is 2.38. The van der Waals surface area contributed by atoms with E-state index >= 15 is 0 Å². The first kappa shape index (κ1) is 17.9. The highest BCUT2D eigenvalue weighted by Gasteiger charge is 2.34. The zero-order valence-corrected chi connectivity index (χ0v) is 14.7. The van der Waals surface area contributed by atoms with Gasteiger partial charge in [0.05, 0.1) is 12.5 Å². The predicted molar refractivity (Wildman–Crippen MR) is 96.4 cm³/mol. The lowest BCUT2D eigenvalue weighted by Gasteiger charge is -2.38. The maximum absolute atomic E-state index is 12.4. The molecule has 1 aromatic carbocycles. The fraction of sp³-hybridized carbons (Fsp3) is 0.600. The number of nitrogens with one attached hydrogen (secondary N) is 1. The second kappa shape index (κ2) is 8.00. The molecule has 1 atom stereocenters. The molecule has 1 saturated heterocycles. The van der Waals surface area contributed by atoms with Gasteiger partial charge in [0, 0.05) is 18.5 Å². The third kappa shape index (κ3) is 4.40. The third-order valence-corrected chi connectivity index (χ3v) is 5.81. The summed E-state index contributed by atoms with van der Waals surface area (Å²) < 4.78 is 0. The Balaban J connectivity index is 1.56. The molecular weight excluding hydrogens is 316 g/mol. The minimum Gasteiger partial charge on any atom is -0.481 e. The molecule has 1 aliphatic heterocycles. The molecule has 3 rings (SSSR count).